The van der Waals surface area contributed by atoms with E-state index in [0.29, 0.717) is 18.8 Å². The van der Waals surface area contributed by atoms with Gasteiger partial charge in [-0.25, -0.2) is 4.98 Å². The Morgan fingerprint density at radius 1 is 1.07 bits per heavy atom. The maximum absolute atomic E-state index is 13.1. The standard InChI is InChI=1S/C23H22N2O2S3/c1-27-20-10-4-2-7-17(20)13-25(14-18-8-6-12-29-18)23(26)16-28-15-22-24-19-9-3-5-11-21(19)30-22/h2-12H,13-16H2,1H3. The van der Waals surface area contributed by atoms with Crippen molar-refractivity contribution in [3.05, 3.63) is 81.5 Å². The van der Waals surface area contributed by atoms with Crippen LogP contribution in [0.4, 0.5) is 0 Å². The molecule has 1 amide bonds. The van der Waals surface area contributed by atoms with Gasteiger partial charge in [0.2, 0.25) is 5.91 Å². The van der Waals surface area contributed by atoms with Crippen molar-refractivity contribution in [2.45, 2.75) is 18.8 Å². The Bertz CT molecular complexity index is 1080. The van der Waals surface area contributed by atoms with Crippen molar-refractivity contribution >= 4 is 50.6 Å². The zero-order valence-corrected chi connectivity index (χ0v) is 19.1. The first-order chi connectivity index (χ1) is 14.7. The second kappa shape index (κ2) is 10.1. The van der Waals surface area contributed by atoms with Gasteiger partial charge >= 0.3 is 0 Å². The molecule has 4 nitrogen and oxygen atoms in total. The monoisotopic (exact) mass is 454 g/mol. The SMILES string of the molecule is COc1ccccc1CN(Cc1cccs1)C(=O)CSCc1nc2ccccc2s1. The molecule has 0 fully saturated rings. The molecule has 7 heteroatoms. The molecule has 0 aliphatic rings. The minimum Gasteiger partial charge on any atom is -0.496 e. The predicted molar refractivity (Wildman–Crippen MR) is 127 cm³/mol. The predicted octanol–water partition coefficient (Wildman–Crippen LogP) is 5.83. The first-order valence-corrected chi connectivity index (χ1v) is 12.4. The third-order valence-corrected chi connectivity index (χ3v) is 7.63. The Morgan fingerprint density at radius 3 is 2.70 bits per heavy atom. The fourth-order valence-corrected chi connectivity index (χ4v) is 5.83. The Hall–Kier alpha value is -2.35. The number of thiophene rings is 1. The number of hydrogen-bond acceptors (Lipinski definition) is 6. The highest BCUT2D eigenvalue weighted by Gasteiger charge is 2.17. The average Bonchev–Trinajstić information content (AvgIpc) is 3.42. The van der Waals surface area contributed by atoms with Crippen molar-refractivity contribution in [2.24, 2.45) is 0 Å². The van der Waals surface area contributed by atoms with Gasteiger partial charge < -0.3 is 9.64 Å². The van der Waals surface area contributed by atoms with E-state index in [1.54, 1.807) is 41.5 Å². The summed E-state index contributed by atoms with van der Waals surface area (Å²) in [5, 5.41) is 3.10. The number of benzene rings is 2. The topological polar surface area (TPSA) is 42.4 Å². The molecule has 0 aliphatic carbocycles. The molecule has 4 aromatic rings. The van der Waals surface area contributed by atoms with Crippen LogP contribution < -0.4 is 4.74 Å². The summed E-state index contributed by atoms with van der Waals surface area (Å²) < 4.78 is 6.67. The van der Waals surface area contributed by atoms with Crippen LogP contribution in [0.5, 0.6) is 5.75 Å². The van der Waals surface area contributed by atoms with Gasteiger partial charge in [0.05, 0.1) is 29.6 Å². The van der Waals surface area contributed by atoms with E-state index in [9.17, 15) is 4.79 Å². The van der Waals surface area contributed by atoms with Gasteiger partial charge in [-0.05, 0) is 29.6 Å². The number of ether oxygens (including phenoxy) is 1. The quantitative estimate of drug-likeness (QED) is 0.319. The van der Waals surface area contributed by atoms with Crippen LogP contribution >= 0.6 is 34.4 Å². The molecular formula is C23H22N2O2S3. The summed E-state index contributed by atoms with van der Waals surface area (Å²) in [6.45, 7) is 1.14. The van der Waals surface area contributed by atoms with Crippen LogP contribution in [0.25, 0.3) is 10.2 Å². The van der Waals surface area contributed by atoms with Crippen molar-refractivity contribution in [3.8, 4) is 5.75 Å². The molecule has 2 aromatic heterocycles. The van der Waals surface area contributed by atoms with Crippen LogP contribution in [-0.4, -0.2) is 28.7 Å². The minimum atomic E-state index is 0.125. The number of rotatable bonds is 9. The van der Waals surface area contributed by atoms with Crippen LogP contribution in [0.3, 0.4) is 0 Å². The zero-order valence-electron chi connectivity index (χ0n) is 16.6. The van der Waals surface area contributed by atoms with Gasteiger partial charge in [-0.2, -0.15) is 0 Å². The molecule has 4 rings (SSSR count). The normalized spacial score (nSPS) is 11.0. The Kier molecular flexibility index (Phi) is 7.04. The Balaban J connectivity index is 1.42. The maximum atomic E-state index is 13.1. The number of aromatic nitrogens is 1. The van der Waals surface area contributed by atoms with Gasteiger partial charge in [-0.1, -0.05) is 36.4 Å². The second-order valence-electron chi connectivity index (χ2n) is 6.71. The van der Waals surface area contributed by atoms with Crippen LogP contribution in [0.15, 0.2) is 66.0 Å². The minimum absolute atomic E-state index is 0.125. The van der Waals surface area contributed by atoms with E-state index in [4.69, 9.17) is 4.74 Å². The molecule has 0 N–H and O–H groups in total. The average molecular weight is 455 g/mol. The van der Waals surface area contributed by atoms with Crippen LogP contribution in [-0.2, 0) is 23.6 Å². The molecule has 0 aliphatic heterocycles. The fraction of sp³-hybridized carbons (Fsp3) is 0.217. The lowest BCUT2D eigenvalue weighted by atomic mass is 10.2. The van der Waals surface area contributed by atoms with Gasteiger partial charge in [0.15, 0.2) is 0 Å². The summed E-state index contributed by atoms with van der Waals surface area (Å²) in [6, 6.07) is 20.1. The summed E-state index contributed by atoms with van der Waals surface area (Å²) >= 11 is 4.99. The van der Waals surface area contributed by atoms with Crippen molar-refractivity contribution in [2.75, 3.05) is 12.9 Å². The van der Waals surface area contributed by atoms with Gasteiger partial charge in [0.1, 0.15) is 10.8 Å². The second-order valence-corrected chi connectivity index (χ2v) is 9.84. The first kappa shape index (κ1) is 20.9. The lowest BCUT2D eigenvalue weighted by molar-refractivity contribution is -0.129. The molecule has 0 atom stereocenters. The number of thioether (sulfide) groups is 1. The summed E-state index contributed by atoms with van der Waals surface area (Å²) in [4.78, 5) is 20.8. The number of amides is 1. The fourth-order valence-electron chi connectivity index (χ4n) is 3.16. The van der Waals surface area contributed by atoms with E-state index in [0.717, 1.165) is 27.6 Å². The number of para-hydroxylation sites is 2. The number of carbonyl (C=O) groups is 1. The van der Waals surface area contributed by atoms with Crippen molar-refractivity contribution in [1.82, 2.24) is 9.88 Å². The van der Waals surface area contributed by atoms with E-state index < -0.39 is 0 Å². The van der Waals surface area contributed by atoms with E-state index in [-0.39, 0.29) is 5.91 Å². The number of thiazole rings is 1. The molecule has 0 bridgehead atoms. The Morgan fingerprint density at radius 2 is 1.90 bits per heavy atom. The maximum Gasteiger partial charge on any atom is 0.233 e. The summed E-state index contributed by atoms with van der Waals surface area (Å²) in [5.41, 5.74) is 2.04. The highest BCUT2D eigenvalue weighted by atomic mass is 32.2. The molecule has 0 spiro atoms. The lowest BCUT2D eigenvalue weighted by Gasteiger charge is -2.23. The van der Waals surface area contributed by atoms with Crippen molar-refractivity contribution in [3.63, 3.8) is 0 Å². The van der Waals surface area contributed by atoms with Gasteiger partial charge in [-0.15, -0.1) is 34.4 Å². The van der Waals surface area contributed by atoms with Gasteiger partial charge in [-0.3, -0.25) is 4.79 Å². The van der Waals surface area contributed by atoms with E-state index >= 15 is 0 Å². The Labute approximate surface area is 188 Å². The molecule has 2 heterocycles. The third kappa shape index (κ3) is 5.22. The molecule has 0 radical (unpaired) electrons. The summed E-state index contributed by atoms with van der Waals surface area (Å²) in [6.07, 6.45) is 0. The molecule has 2 aromatic carbocycles. The van der Waals surface area contributed by atoms with Crippen molar-refractivity contribution in [1.29, 1.82) is 0 Å². The van der Waals surface area contributed by atoms with Gasteiger partial charge in [0, 0.05) is 22.7 Å². The van der Waals surface area contributed by atoms with E-state index in [1.165, 1.54) is 9.58 Å². The number of nitrogens with zero attached hydrogens (tertiary/aromatic N) is 2. The van der Waals surface area contributed by atoms with E-state index in [1.807, 2.05) is 58.8 Å². The number of carbonyl (C=O) groups excluding carboxylic acids is 1. The highest BCUT2D eigenvalue weighted by Crippen LogP contribution is 2.26. The molecule has 0 saturated heterocycles. The molecule has 30 heavy (non-hydrogen) atoms. The summed E-state index contributed by atoms with van der Waals surface area (Å²) in [5.74, 6) is 2.10. The largest absolute Gasteiger partial charge is 0.496 e. The number of fused-ring (bicyclic) bond motifs is 1. The molecule has 154 valence electrons. The lowest BCUT2D eigenvalue weighted by Crippen LogP contribution is -2.31. The molecule has 0 unspecified atom stereocenters. The molecular weight excluding hydrogens is 432 g/mol. The highest BCUT2D eigenvalue weighted by molar-refractivity contribution is 7.99. The summed E-state index contributed by atoms with van der Waals surface area (Å²) in [7, 11) is 1.66. The first-order valence-electron chi connectivity index (χ1n) is 9.57. The number of hydrogen-bond donors (Lipinski definition) is 0. The van der Waals surface area contributed by atoms with Crippen molar-refractivity contribution < 1.29 is 9.53 Å². The molecule has 0 saturated carbocycles. The van der Waals surface area contributed by atoms with Crippen LogP contribution in [0.2, 0.25) is 0 Å². The van der Waals surface area contributed by atoms with Gasteiger partial charge in [0.25, 0.3) is 0 Å². The smallest absolute Gasteiger partial charge is 0.233 e. The zero-order chi connectivity index (χ0) is 20.8. The van der Waals surface area contributed by atoms with Crippen LogP contribution in [0.1, 0.15) is 15.4 Å². The van der Waals surface area contributed by atoms with Crippen LogP contribution in [0, 0.1) is 0 Å². The third-order valence-electron chi connectivity index (χ3n) is 4.62. The van der Waals surface area contributed by atoms with E-state index in [2.05, 4.69) is 17.1 Å². The number of methoxy groups -OCH3 is 1.